The molecular formula is C24H35N5. The van der Waals surface area contributed by atoms with E-state index in [2.05, 4.69) is 75.2 Å². The third-order valence-electron chi connectivity index (χ3n) is 6.53. The first kappa shape index (κ1) is 20.3. The summed E-state index contributed by atoms with van der Waals surface area (Å²) >= 11 is 0. The van der Waals surface area contributed by atoms with Crippen molar-refractivity contribution in [3.8, 4) is 0 Å². The number of rotatable bonds is 6. The molecule has 0 bridgehead atoms. The number of pyridine rings is 1. The summed E-state index contributed by atoms with van der Waals surface area (Å²) in [6, 6.07) is 16.1. The largest absolute Gasteiger partial charge is 0.368 e. The number of piperazine rings is 2. The molecule has 5 nitrogen and oxygen atoms in total. The van der Waals surface area contributed by atoms with Gasteiger partial charge < -0.3 is 10.2 Å². The molecule has 1 aromatic carbocycles. The molecule has 2 fully saturated rings. The van der Waals surface area contributed by atoms with Crippen molar-refractivity contribution >= 4 is 5.69 Å². The molecule has 156 valence electrons. The quantitative estimate of drug-likeness (QED) is 0.816. The van der Waals surface area contributed by atoms with E-state index < -0.39 is 0 Å². The van der Waals surface area contributed by atoms with Gasteiger partial charge in [0.05, 0.1) is 5.69 Å². The Morgan fingerprint density at radius 1 is 1.03 bits per heavy atom. The minimum absolute atomic E-state index is 0.524. The highest BCUT2D eigenvalue weighted by molar-refractivity contribution is 5.53. The van der Waals surface area contributed by atoms with Gasteiger partial charge in [0.2, 0.25) is 0 Å². The molecule has 0 spiro atoms. The third-order valence-corrected chi connectivity index (χ3v) is 6.53. The number of nitrogens with zero attached hydrogens (tertiary/aromatic N) is 4. The van der Waals surface area contributed by atoms with Crippen molar-refractivity contribution in [2.45, 2.75) is 38.9 Å². The van der Waals surface area contributed by atoms with Crippen molar-refractivity contribution in [3.63, 3.8) is 0 Å². The van der Waals surface area contributed by atoms with Gasteiger partial charge in [-0.3, -0.25) is 14.8 Å². The Morgan fingerprint density at radius 2 is 1.83 bits per heavy atom. The predicted molar refractivity (Wildman–Crippen MR) is 120 cm³/mol. The molecule has 5 heteroatoms. The topological polar surface area (TPSA) is 34.6 Å². The van der Waals surface area contributed by atoms with Crippen LogP contribution >= 0.6 is 0 Å². The van der Waals surface area contributed by atoms with E-state index in [-0.39, 0.29) is 0 Å². The molecule has 2 aromatic rings. The van der Waals surface area contributed by atoms with Crippen molar-refractivity contribution in [3.05, 3.63) is 59.9 Å². The Morgan fingerprint density at radius 3 is 2.55 bits per heavy atom. The third kappa shape index (κ3) is 4.97. The average molecular weight is 394 g/mol. The summed E-state index contributed by atoms with van der Waals surface area (Å²) in [4.78, 5) is 12.3. The van der Waals surface area contributed by atoms with E-state index in [1.165, 1.54) is 23.4 Å². The van der Waals surface area contributed by atoms with Crippen LogP contribution in [-0.2, 0) is 6.54 Å². The number of aryl methyl sites for hydroxylation is 1. The molecule has 0 aliphatic carbocycles. The lowest BCUT2D eigenvalue weighted by atomic mass is 9.99. The van der Waals surface area contributed by atoms with Crippen molar-refractivity contribution in [1.82, 2.24) is 20.1 Å². The summed E-state index contributed by atoms with van der Waals surface area (Å²) in [5.74, 6) is 0. The van der Waals surface area contributed by atoms with Gasteiger partial charge in [-0.2, -0.15) is 0 Å². The summed E-state index contributed by atoms with van der Waals surface area (Å²) in [5.41, 5.74) is 3.95. The van der Waals surface area contributed by atoms with E-state index >= 15 is 0 Å². The Bertz CT molecular complexity index is 757. The van der Waals surface area contributed by atoms with Gasteiger partial charge >= 0.3 is 0 Å². The zero-order valence-corrected chi connectivity index (χ0v) is 17.9. The van der Waals surface area contributed by atoms with Crippen LogP contribution in [0, 0.1) is 6.92 Å². The standard InChI is InChI=1S/C24H35N5/c1-3-23(22-19-29(13-12-26-22)24-10-5-4-8-20(24)2)28-16-14-27(15-17-28)18-21-9-6-7-11-25-21/h4-11,22-23,26H,3,12-19H2,1-2H3. The number of nitrogens with one attached hydrogen (secondary N) is 1. The SMILES string of the molecule is CCC(C1CN(c2ccccc2C)CCN1)N1CCN(Cc2ccccn2)CC1. The van der Waals surface area contributed by atoms with Crippen LogP contribution in [0.1, 0.15) is 24.6 Å². The molecule has 0 amide bonds. The van der Waals surface area contributed by atoms with Crippen molar-refractivity contribution < 1.29 is 0 Å². The van der Waals surface area contributed by atoms with Gasteiger partial charge in [-0.25, -0.2) is 0 Å². The molecule has 29 heavy (non-hydrogen) atoms. The highest BCUT2D eigenvalue weighted by atomic mass is 15.3. The van der Waals surface area contributed by atoms with Crippen LogP contribution in [0.5, 0.6) is 0 Å². The van der Waals surface area contributed by atoms with E-state index in [0.717, 1.165) is 52.4 Å². The summed E-state index contributed by atoms with van der Waals surface area (Å²) < 4.78 is 0. The van der Waals surface area contributed by atoms with Crippen LogP contribution < -0.4 is 10.2 Å². The number of anilines is 1. The van der Waals surface area contributed by atoms with Crippen LogP contribution in [0.2, 0.25) is 0 Å². The van der Waals surface area contributed by atoms with Gasteiger partial charge in [0, 0.05) is 76.3 Å². The minimum atomic E-state index is 0.524. The predicted octanol–water partition coefficient (Wildman–Crippen LogP) is 2.76. The van der Waals surface area contributed by atoms with Crippen LogP contribution in [0.25, 0.3) is 0 Å². The smallest absolute Gasteiger partial charge is 0.0543 e. The molecule has 0 radical (unpaired) electrons. The lowest BCUT2D eigenvalue weighted by molar-refractivity contribution is 0.0710. The van der Waals surface area contributed by atoms with Gasteiger partial charge in [-0.05, 0) is 37.1 Å². The normalized spacial score (nSPS) is 22.6. The number of hydrogen-bond donors (Lipinski definition) is 1. The van der Waals surface area contributed by atoms with Gasteiger partial charge in [-0.15, -0.1) is 0 Å². The first-order valence-electron chi connectivity index (χ1n) is 11.1. The molecule has 2 unspecified atom stereocenters. The molecular weight excluding hydrogens is 358 g/mol. The van der Waals surface area contributed by atoms with Gasteiger partial charge in [0.25, 0.3) is 0 Å². The molecule has 0 saturated carbocycles. The highest BCUT2D eigenvalue weighted by Crippen LogP contribution is 2.23. The second-order valence-corrected chi connectivity index (χ2v) is 8.40. The second-order valence-electron chi connectivity index (χ2n) is 8.40. The molecule has 2 saturated heterocycles. The second kappa shape index (κ2) is 9.70. The van der Waals surface area contributed by atoms with Crippen LogP contribution in [0.3, 0.4) is 0 Å². The molecule has 1 aromatic heterocycles. The molecule has 2 aliphatic rings. The molecule has 2 atom stereocenters. The lowest BCUT2D eigenvalue weighted by Crippen LogP contribution is -2.62. The van der Waals surface area contributed by atoms with Crippen molar-refractivity contribution in [1.29, 1.82) is 0 Å². The van der Waals surface area contributed by atoms with Gasteiger partial charge in [0.15, 0.2) is 0 Å². The minimum Gasteiger partial charge on any atom is -0.368 e. The number of para-hydroxylation sites is 1. The molecule has 1 N–H and O–H groups in total. The first-order valence-corrected chi connectivity index (χ1v) is 11.1. The summed E-state index contributed by atoms with van der Waals surface area (Å²) in [7, 11) is 0. The van der Waals surface area contributed by atoms with Crippen LogP contribution in [0.4, 0.5) is 5.69 Å². The van der Waals surface area contributed by atoms with E-state index in [1.807, 2.05) is 12.3 Å². The zero-order valence-electron chi connectivity index (χ0n) is 17.9. The van der Waals surface area contributed by atoms with E-state index in [1.54, 1.807) is 0 Å². The maximum atomic E-state index is 4.49. The van der Waals surface area contributed by atoms with Crippen molar-refractivity contribution in [2.24, 2.45) is 0 Å². The number of hydrogen-bond acceptors (Lipinski definition) is 5. The molecule has 4 rings (SSSR count). The highest BCUT2D eigenvalue weighted by Gasteiger charge is 2.32. The van der Waals surface area contributed by atoms with Crippen LogP contribution in [0.15, 0.2) is 48.7 Å². The monoisotopic (exact) mass is 393 g/mol. The summed E-state index contributed by atoms with van der Waals surface area (Å²) in [6.45, 7) is 13.3. The Kier molecular flexibility index (Phi) is 6.80. The Hall–Kier alpha value is -1.95. The fraction of sp³-hybridized carbons (Fsp3) is 0.542. The number of aromatic nitrogens is 1. The van der Waals surface area contributed by atoms with E-state index in [0.29, 0.717) is 12.1 Å². The van der Waals surface area contributed by atoms with Gasteiger partial charge in [-0.1, -0.05) is 31.2 Å². The van der Waals surface area contributed by atoms with E-state index in [9.17, 15) is 0 Å². The molecule has 3 heterocycles. The lowest BCUT2D eigenvalue weighted by Gasteiger charge is -2.45. The van der Waals surface area contributed by atoms with Crippen LogP contribution in [-0.4, -0.2) is 72.7 Å². The first-order chi connectivity index (χ1) is 14.2. The van der Waals surface area contributed by atoms with Gasteiger partial charge in [0.1, 0.15) is 0 Å². The summed E-state index contributed by atoms with van der Waals surface area (Å²) in [5, 5.41) is 3.83. The Balaban J connectivity index is 1.35. The van der Waals surface area contributed by atoms with E-state index in [4.69, 9.17) is 0 Å². The fourth-order valence-electron chi connectivity index (χ4n) is 4.94. The maximum Gasteiger partial charge on any atom is 0.0543 e. The molecule has 2 aliphatic heterocycles. The number of benzene rings is 1. The maximum absolute atomic E-state index is 4.49. The van der Waals surface area contributed by atoms with Crippen molar-refractivity contribution in [2.75, 3.05) is 50.7 Å². The Labute approximate surface area is 175 Å². The zero-order chi connectivity index (χ0) is 20.1. The summed E-state index contributed by atoms with van der Waals surface area (Å²) in [6.07, 6.45) is 3.09. The fourth-order valence-corrected chi connectivity index (χ4v) is 4.94. The average Bonchev–Trinajstić information content (AvgIpc) is 2.77.